The lowest BCUT2D eigenvalue weighted by molar-refractivity contribution is 0.243. The van der Waals surface area contributed by atoms with Crippen LogP contribution >= 0.6 is 0 Å². The summed E-state index contributed by atoms with van der Waals surface area (Å²) in [4.78, 5) is 0. The molecular weight excluding hydrogens is 188 g/mol. The normalized spacial score (nSPS) is 12.7. The summed E-state index contributed by atoms with van der Waals surface area (Å²) in [5, 5.41) is 2.77. The van der Waals surface area contributed by atoms with E-state index < -0.39 is 16.4 Å². The summed E-state index contributed by atoms with van der Waals surface area (Å²) in [6.45, 7) is 2.13. The number of amidine groups is 1. The van der Waals surface area contributed by atoms with Crippen molar-refractivity contribution in [3.8, 4) is 0 Å². The second-order valence-electron chi connectivity index (χ2n) is 1.78. The predicted octanol–water partition coefficient (Wildman–Crippen LogP) is -0.538. The molecule has 0 aromatic carbocycles. The molecule has 0 rings (SSSR count). The fourth-order valence-electron chi connectivity index (χ4n) is 0.317. The van der Waals surface area contributed by atoms with E-state index in [0.717, 1.165) is 0 Å². The zero-order chi connectivity index (χ0) is 9.61. The first-order valence-electron chi connectivity index (χ1n) is 3.08. The standard InChI is InChI=1S/C4H10N2O5S/c1-2-3-10-4(5)6-11-12(7,8)9/h2-3H2,1H3,(H2,5,6)(H,7,8,9). The summed E-state index contributed by atoms with van der Waals surface area (Å²) in [6, 6.07) is -0.450. The van der Waals surface area contributed by atoms with Gasteiger partial charge in [-0.1, -0.05) is 6.92 Å². The Bertz CT molecular complexity index is 246. The molecule has 0 aliphatic rings. The Balaban J connectivity index is 3.85. The Hall–Kier alpha value is -1.02. The summed E-state index contributed by atoms with van der Waals surface area (Å²) in [5.41, 5.74) is 4.99. The van der Waals surface area contributed by atoms with E-state index in [2.05, 4.69) is 14.2 Å². The highest BCUT2D eigenvalue weighted by Crippen LogP contribution is 1.88. The second kappa shape index (κ2) is 4.78. The fraction of sp³-hybridized carbons (Fsp3) is 0.750. The molecule has 8 heteroatoms. The molecule has 0 saturated carbocycles. The number of rotatable bonds is 4. The minimum atomic E-state index is -4.59. The summed E-state index contributed by atoms with van der Waals surface area (Å²) in [6.07, 6.45) is 0.697. The van der Waals surface area contributed by atoms with Crippen LogP contribution in [0.2, 0.25) is 0 Å². The third-order valence-corrected chi connectivity index (χ3v) is 0.938. The maximum Gasteiger partial charge on any atom is 0.466 e. The van der Waals surface area contributed by atoms with Gasteiger partial charge in [-0.2, -0.15) is 8.42 Å². The van der Waals surface area contributed by atoms with Gasteiger partial charge in [-0.05, 0) is 11.6 Å². The van der Waals surface area contributed by atoms with Gasteiger partial charge in [-0.25, -0.2) is 4.28 Å². The molecule has 0 aliphatic heterocycles. The van der Waals surface area contributed by atoms with Crippen LogP contribution in [-0.2, 0) is 19.4 Å². The molecule has 0 bridgehead atoms. The molecule has 0 fully saturated rings. The van der Waals surface area contributed by atoms with E-state index in [1.807, 2.05) is 6.92 Å². The van der Waals surface area contributed by atoms with Crippen LogP contribution in [0.1, 0.15) is 13.3 Å². The van der Waals surface area contributed by atoms with Crippen molar-refractivity contribution in [3.63, 3.8) is 0 Å². The lowest BCUT2D eigenvalue weighted by atomic mass is 10.5. The van der Waals surface area contributed by atoms with E-state index in [4.69, 9.17) is 10.3 Å². The average Bonchev–Trinajstić information content (AvgIpc) is 1.95. The van der Waals surface area contributed by atoms with Gasteiger partial charge < -0.3 is 10.5 Å². The van der Waals surface area contributed by atoms with Crippen LogP contribution in [-0.4, -0.2) is 25.6 Å². The lowest BCUT2D eigenvalue weighted by Crippen LogP contribution is -2.18. The minimum absolute atomic E-state index is 0.296. The van der Waals surface area contributed by atoms with Crippen LogP contribution in [0.4, 0.5) is 0 Å². The van der Waals surface area contributed by atoms with Crippen molar-refractivity contribution in [1.29, 1.82) is 0 Å². The summed E-state index contributed by atoms with van der Waals surface area (Å²) in [5.74, 6) is 0. The molecule has 0 spiro atoms. The van der Waals surface area contributed by atoms with Crippen LogP contribution in [0, 0.1) is 0 Å². The largest absolute Gasteiger partial charge is 0.466 e. The Kier molecular flexibility index (Phi) is 4.37. The predicted molar refractivity (Wildman–Crippen MR) is 40.5 cm³/mol. The molecule has 0 radical (unpaired) electrons. The number of hydrogen-bond donors (Lipinski definition) is 2. The first kappa shape index (κ1) is 11.0. The van der Waals surface area contributed by atoms with E-state index in [1.54, 1.807) is 0 Å². The topological polar surface area (TPSA) is 111 Å². The van der Waals surface area contributed by atoms with Crippen LogP contribution in [0.5, 0.6) is 0 Å². The van der Waals surface area contributed by atoms with E-state index in [0.29, 0.717) is 13.0 Å². The SMILES string of the molecule is CCCO/C(N)=N/OS(=O)(=O)O. The number of ether oxygens (including phenoxy) is 1. The van der Waals surface area contributed by atoms with E-state index >= 15 is 0 Å². The van der Waals surface area contributed by atoms with Gasteiger partial charge in [0.05, 0.1) is 6.61 Å². The third kappa shape index (κ3) is 7.09. The first-order valence-corrected chi connectivity index (χ1v) is 4.44. The summed E-state index contributed by atoms with van der Waals surface area (Å²) < 4.78 is 36.0. The molecule has 0 aromatic heterocycles. The molecule has 72 valence electrons. The number of hydrogen-bond acceptors (Lipinski definition) is 5. The van der Waals surface area contributed by atoms with Gasteiger partial charge in [0.2, 0.25) is 0 Å². The highest BCUT2D eigenvalue weighted by molar-refractivity contribution is 7.80. The van der Waals surface area contributed by atoms with Crippen molar-refractivity contribution in [2.75, 3.05) is 6.61 Å². The first-order chi connectivity index (χ1) is 5.45. The maximum absolute atomic E-state index is 9.92. The maximum atomic E-state index is 9.92. The second-order valence-corrected chi connectivity index (χ2v) is 2.78. The van der Waals surface area contributed by atoms with Crippen LogP contribution < -0.4 is 5.73 Å². The molecule has 0 saturated heterocycles. The van der Waals surface area contributed by atoms with Crippen LogP contribution in [0.15, 0.2) is 5.16 Å². The van der Waals surface area contributed by atoms with Crippen molar-refractivity contribution in [1.82, 2.24) is 0 Å². The average molecular weight is 198 g/mol. The van der Waals surface area contributed by atoms with Gasteiger partial charge in [-0.3, -0.25) is 4.55 Å². The Morgan fingerprint density at radius 2 is 2.25 bits per heavy atom. The molecule has 0 aliphatic carbocycles. The zero-order valence-corrected chi connectivity index (χ0v) is 7.24. The molecule has 0 amide bonds. The van der Waals surface area contributed by atoms with E-state index in [1.165, 1.54) is 0 Å². The number of nitrogens with zero attached hydrogens (tertiary/aromatic N) is 1. The third-order valence-electron chi connectivity index (χ3n) is 0.676. The van der Waals surface area contributed by atoms with Gasteiger partial charge in [0.15, 0.2) is 0 Å². The van der Waals surface area contributed by atoms with Crippen LogP contribution in [0.25, 0.3) is 0 Å². The lowest BCUT2D eigenvalue weighted by Gasteiger charge is -2.00. The Labute approximate surface area is 70.1 Å². The fourth-order valence-corrected chi connectivity index (χ4v) is 0.484. The van der Waals surface area contributed by atoms with Crippen molar-refractivity contribution >= 4 is 16.4 Å². The van der Waals surface area contributed by atoms with Crippen LogP contribution in [0.3, 0.4) is 0 Å². The van der Waals surface area contributed by atoms with Gasteiger partial charge in [-0.15, -0.1) is 0 Å². The molecule has 0 unspecified atom stereocenters. The van der Waals surface area contributed by atoms with Gasteiger partial charge >= 0.3 is 16.4 Å². The zero-order valence-electron chi connectivity index (χ0n) is 6.43. The molecule has 12 heavy (non-hydrogen) atoms. The quantitative estimate of drug-likeness (QED) is 0.271. The van der Waals surface area contributed by atoms with Crippen molar-refractivity contribution in [2.24, 2.45) is 10.9 Å². The highest BCUT2D eigenvalue weighted by Gasteiger charge is 2.03. The number of oxime groups is 1. The van der Waals surface area contributed by atoms with E-state index in [9.17, 15) is 8.42 Å². The van der Waals surface area contributed by atoms with Gasteiger partial charge in [0.1, 0.15) is 0 Å². The Morgan fingerprint density at radius 3 is 2.67 bits per heavy atom. The number of nitrogens with two attached hydrogens (primary N) is 1. The molecule has 3 N–H and O–H groups in total. The van der Waals surface area contributed by atoms with Gasteiger partial charge in [0, 0.05) is 0 Å². The molecule has 0 atom stereocenters. The molecular formula is C4H10N2O5S. The van der Waals surface area contributed by atoms with Crippen molar-refractivity contribution in [3.05, 3.63) is 0 Å². The Morgan fingerprint density at radius 1 is 1.67 bits per heavy atom. The monoisotopic (exact) mass is 198 g/mol. The smallest absolute Gasteiger partial charge is 0.463 e. The molecule has 7 nitrogen and oxygen atoms in total. The van der Waals surface area contributed by atoms with Crippen molar-refractivity contribution < 1.29 is 22.0 Å². The minimum Gasteiger partial charge on any atom is -0.463 e. The summed E-state index contributed by atoms with van der Waals surface area (Å²) >= 11 is 0. The van der Waals surface area contributed by atoms with Crippen molar-refractivity contribution in [2.45, 2.75) is 13.3 Å². The van der Waals surface area contributed by atoms with E-state index in [-0.39, 0.29) is 0 Å². The molecule has 0 aromatic rings. The van der Waals surface area contributed by atoms with Gasteiger partial charge in [0.25, 0.3) is 0 Å². The highest BCUT2D eigenvalue weighted by atomic mass is 32.3. The molecule has 0 heterocycles. The summed E-state index contributed by atoms with van der Waals surface area (Å²) in [7, 11) is -4.59.